The molecule has 0 aromatic heterocycles. The monoisotopic (exact) mass is 466 g/mol. The Hall–Kier alpha value is 1.88. The third kappa shape index (κ3) is 1.33. The summed E-state index contributed by atoms with van der Waals surface area (Å²) in [4.78, 5) is 0.284. The lowest BCUT2D eigenvalue weighted by molar-refractivity contribution is -0.0213. The maximum absolute atomic E-state index is 10.5. The lowest BCUT2D eigenvalue weighted by Crippen LogP contribution is -2.48. The van der Waals surface area contributed by atoms with Crippen LogP contribution in [0.4, 0.5) is 0 Å². The van der Waals surface area contributed by atoms with Gasteiger partial charge in [0, 0.05) is 15.7 Å². The smallest absolute Gasteiger partial charge is 0.0771 e. The second-order valence-corrected chi connectivity index (χ2v) is 10.7. The molecule has 0 unspecified atom stereocenters. The summed E-state index contributed by atoms with van der Waals surface area (Å²) in [7, 11) is 0. The Morgan fingerprint density at radius 1 is 1.27 bits per heavy atom. The fraction of sp³-hybridized carbons (Fsp3) is 1.00. The van der Waals surface area contributed by atoms with E-state index in [4.69, 9.17) is 0 Å². The zero-order chi connectivity index (χ0) is 11.6. The molecule has 2 fully saturated rings. The number of halogens is 4. The third-order valence-electron chi connectivity index (χ3n) is 4.52. The van der Waals surface area contributed by atoms with Crippen molar-refractivity contribution in [3.63, 3.8) is 0 Å². The van der Waals surface area contributed by atoms with E-state index in [1.165, 1.54) is 0 Å². The molecule has 15 heavy (non-hydrogen) atoms. The van der Waals surface area contributed by atoms with E-state index in [2.05, 4.69) is 77.6 Å². The first-order chi connectivity index (χ1) is 6.71. The van der Waals surface area contributed by atoms with Gasteiger partial charge in [0.1, 0.15) is 0 Å². The minimum Gasteiger partial charge on any atom is -0.391 e. The quantitative estimate of drug-likeness (QED) is 0.571. The molecule has 4 atom stereocenters. The molecule has 2 bridgehead atoms. The molecule has 0 saturated heterocycles. The van der Waals surface area contributed by atoms with Gasteiger partial charge in [0.15, 0.2) is 0 Å². The van der Waals surface area contributed by atoms with Crippen LogP contribution in [0.3, 0.4) is 0 Å². The van der Waals surface area contributed by atoms with Crippen molar-refractivity contribution >= 4 is 63.7 Å². The molecule has 2 saturated carbocycles. The molecule has 5 heteroatoms. The van der Waals surface area contributed by atoms with Gasteiger partial charge in [-0.25, -0.2) is 0 Å². The van der Waals surface area contributed by atoms with E-state index in [0.717, 1.165) is 12.8 Å². The topological polar surface area (TPSA) is 20.2 Å². The minimum atomic E-state index is -0.319. The van der Waals surface area contributed by atoms with Crippen molar-refractivity contribution in [2.45, 2.75) is 45.7 Å². The van der Waals surface area contributed by atoms with Crippen LogP contribution in [0.1, 0.15) is 26.7 Å². The van der Waals surface area contributed by atoms with E-state index >= 15 is 0 Å². The summed E-state index contributed by atoms with van der Waals surface area (Å²) in [6.45, 7) is 4.31. The van der Waals surface area contributed by atoms with Crippen LogP contribution in [0.15, 0.2) is 0 Å². The predicted molar refractivity (Wildman–Crippen MR) is 77.5 cm³/mol. The first-order valence-corrected chi connectivity index (χ1v) is 8.54. The van der Waals surface area contributed by atoms with E-state index in [1.807, 2.05) is 0 Å². The standard InChI is InChI=1S/C10H14Br4O/c1-8(2)6(15)10(14)4-3-9(8,5(10)11)7(12)13/h5-7,15H,3-4H2,1-2H3/t5-,6-,9+,10-/m1/s1. The van der Waals surface area contributed by atoms with Gasteiger partial charge in [-0.2, -0.15) is 0 Å². The molecule has 0 radical (unpaired) electrons. The zero-order valence-electron chi connectivity index (χ0n) is 8.61. The Labute approximate surface area is 124 Å². The summed E-state index contributed by atoms with van der Waals surface area (Å²) in [6, 6.07) is 0. The van der Waals surface area contributed by atoms with Gasteiger partial charge in [-0.1, -0.05) is 77.6 Å². The Balaban J connectivity index is 2.56. The highest BCUT2D eigenvalue weighted by molar-refractivity contribution is 9.24. The van der Waals surface area contributed by atoms with E-state index in [0.29, 0.717) is 0 Å². The highest BCUT2D eigenvalue weighted by Gasteiger charge is 2.75. The van der Waals surface area contributed by atoms with Crippen molar-refractivity contribution in [3.05, 3.63) is 0 Å². The average Bonchev–Trinajstić information content (AvgIpc) is 2.45. The van der Waals surface area contributed by atoms with Crippen molar-refractivity contribution in [1.82, 2.24) is 0 Å². The summed E-state index contributed by atoms with van der Waals surface area (Å²) in [5.41, 5.74) is -0.0590. The molecule has 0 spiro atoms. The number of aliphatic hydroxyl groups is 1. The molecule has 2 rings (SSSR count). The van der Waals surface area contributed by atoms with Crippen LogP contribution in [0.2, 0.25) is 0 Å². The van der Waals surface area contributed by atoms with Gasteiger partial charge in [0.2, 0.25) is 0 Å². The van der Waals surface area contributed by atoms with Crippen LogP contribution < -0.4 is 0 Å². The molecule has 0 heterocycles. The molecule has 0 aromatic rings. The molecule has 88 valence electrons. The molecule has 1 nitrogen and oxygen atoms in total. The first kappa shape index (κ1) is 13.3. The number of hydrogen-bond acceptors (Lipinski definition) is 1. The minimum absolute atomic E-state index is 0.0515. The predicted octanol–water partition coefficient (Wildman–Crippen LogP) is 4.18. The van der Waals surface area contributed by atoms with Crippen LogP contribution in [-0.4, -0.2) is 24.1 Å². The normalized spacial score (nSPS) is 52.8. The third-order valence-corrected chi connectivity index (χ3v) is 9.69. The van der Waals surface area contributed by atoms with Crippen LogP contribution in [-0.2, 0) is 0 Å². The van der Waals surface area contributed by atoms with Crippen LogP contribution in [0.5, 0.6) is 0 Å². The Bertz CT molecular complexity index is 293. The van der Waals surface area contributed by atoms with E-state index in [9.17, 15) is 5.11 Å². The molecule has 0 amide bonds. The number of fused-ring (bicyclic) bond motifs is 2. The van der Waals surface area contributed by atoms with Crippen molar-refractivity contribution in [1.29, 1.82) is 0 Å². The highest BCUT2D eigenvalue weighted by atomic mass is 79.9. The van der Waals surface area contributed by atoms with Crippen molar-refractivity contribution in [3.8, 4) is 0 Å². The van der Waals surface area contributed by atoms with Gasteiger partial charge in [0.05, 0.1) is 14.2 Å². The van der Waals surface area contributed by atoms with E-state index < -0.39 is 0 Å². The molecule has 2 aliphatic carbocycles. The number of rotatable bonds is 1. The molecule has 1 N–H and O–H groups in total. The second-order valence-electron chi connectivity index (χ2n) is 5.25. The summed E-state index contributed by atoms with van der Waals surface area (Å²) < 4.78 is 0.0458. The lowest BCUT2D eigenvalue weighted by atomic mass is 9.65. The van der Waals surface area contributed by atoms with Crippen LogP contribution in [0.25, 0.3) is 0 Å². The van der Waals surface area contributed by atoms with E-state index in [1.54, 1.807) is 0 Å². The number of hydrogen-bond donors (Lipinski definition) is 1. The lowest BCUT2D eigenvalue weighted by Gasteiger charge is -2.46. The average molecular weight is 470 g/mol. The Morgan fingerprint density at radius 3 is 2.07 bits per heavy atom. The Kier molecular flexibility index (Phi) is 3.27. The number of aliphatic hydroxyl groups excluding tert-OH is 1. The van der Waals surface area contributed by atoms with Gasteiger partial charge in [0.25, 0.3) is 0 Å². The fourth-order valence-electron chi connectivity index (χ4n) is 3.36. The summed E-state index contributed by atoms with van der Waals surface area (Å²) in [5, 5.41) is 10.5. The van der Waals surface area contributed by atoms with Gasteiger partial charge in [-0.05, 0) is 12.8 Å². The largest absolute Gasteiger partial charge is 0.391 e. The molecular weight excluding hydrogens is 456 g/mol. The molecule has 0 aromatic carbocycles. The van der Waals surface area contributed by atoms with Crippen molar-refractivity contribution < 1.29 is 5.11 Å². The summed E-state index contributed by atoms with van der Waals surface area (Å²) in [5.74, 6) is 0. The summed E-state index contributed by atoms with van der Waals surface area (Å²) >= 11 is 14.9. The molecule has 0 aliphatic heterocycles. The van der Waals surface area contributed by atoms with Gasteiger partial charge in [-0.3, -0.25) is 0 Å². The maximum atomic E-state index is 10.5. The van der Waals surface area contributed by atoms with Gasteiger partial charge >= 0.3 is 0 Å². The van der Waals surface area contributed by atoms with Crippen molar-refractivity contribution in [2.75, 3.05) is 0 Å². The number of alkyl halides is 4. The van der Waals surface area contributed by atoms with Gasteiger partial charge < -0.3 is 5.11 Å². The van der Waals surface area contributed by atoms with E-state index in [-0.39, 0.29) is 29.8 Å². The molecule has 2 aliphatic rings. The fourth-order valence-corrected chi connectivity index (χ4v) is 8.98. The maximum Gasteiger partial charge on any atom is 0.0771 e. The van der Waals surface area contributed by atoms with Crippen LogP contribution >= 0.6 is 63.7 Å². The second kappa shape index (κ2) is 3.69. The zero-order valence-corrected chi connectivity index (χ0v) is 14.9. The van der Waals surface area contributed by atoms with Gasteiger partial charge in [-0.15, -0.1) is 0 Å². The first-order valence-electron chi connectivity index (χ1n) is 5.00. The van der Waals surface area contributed by atoms with Crippen LogP contribution in [0, 0.1) is 10.8 Å². The molecular formula is C10H14Br4O. The Morgan fingerprint density at radius 2 is 1.80 bits per heavy atom. The highest BCUT2D eigenvalue weighted by Crippen LogP contribution is 2.73. The summed E-state index contributed by atoms with van der Waals surface area (Å²) in [6.07, 6.45) is 1.81. The van der Waals surface area contributed by atoms with Crippen molar-refractivity contribution in [2.24, 2.45) is 10.8 Å². The SMILES string of the molecule is CC1(C)[C@@H](O)[C@@]2(Br)CC[C@@]1(C(Br)Br)[C@H]2Br.